The maximum atomic E-state index is 12.4. The second-order valence-corrected chi connectivity index (χ2v) is 5.92. The minimum Gasteiger partial charge on any atom is -0.481 e. The smallest absolute Gasteiger partial charge is 0.303 e. The number of carbonyl (C=O) groups is 2. The van der Waals surface area contributed by atoms with E-state index in [9.17, 15) is 9.59 Å². The van der Waals surface area contributed by atoms with Gasteiger partial charge >= 0.3 is 5.97 Å². The summed E-state index contributed by atoms with van der Waals surface area (Å²) in [6, 6.07) is 21.1. The number of hydrogen-bond acceptors (Lipinski definition) is 2. The molecule has 0 aliphatic rings. The lowest BCUT2D eigenvalue weighted by atomic mass is 9.98. The summed E-state index contributed by atoms with van der Waals surface area (Å²) in [5.41, 5.74) is 2.48. The van der Waals surface area contributed by atoms with Gasteiger partial charge in [-0.05, 0) is 34.4 Å². The van der Waals surface area contributed by atoms with Crippen molar-refractivity contribution in [2.45, 2.75) is 19.3 Å². The number of carboxylic acids is 1. The van der Waals surface area contributed by atoms with Crippen LogP contribution >= 0.6 is 0 Å². The van der Waals surface area contributed by atoms with Crippen LogP contribution in [0.5, 0.6) is 0 Å². The number of carboxylic acid groups (broad SMARTS) is 1. The molecule has 0 bridgehead atoms. The molecule has 3 aromatic carbocycles. The van der Waals surface area contributed by atoms with Crippen molar-refractivity contribution in [2.24, 2.45) is 0 Å². The standard InChI is InChI=1S/C21H19NO3/c23-20(14-15-6-2-1-3-7-15)22-19-12-10-16-8-4-5-9-17(16)18(19)11-13-21(24)25/h1-10,12H,11,13-14H2,(H,22,23)(H,24,25). The number of rotatable bonds is 6. The molecular weight excluding hydrogens is 314 g/mol. The third kappa shape index (κ3) is 4.23. The molecule has 1 amide bonds. The van der Waals surface area contributed by atoms with E-state index in [2.05, 4.69) is 5.32 Å². The molecule has 126 valence electrons. The van der Waals surface area contributed by atoms with E-state index in [0.29, 0.717) is 12.1 Å². The molecule has 0 radical (unpaired) electrons. The molecule has 25 heavy (non-hydrogen) atoms. The van der Waals surface area contributed by atoms with Crippen molar-refractivity contribution >= 4 is 28.3 Å². The Balaban J connectivity index is 1.87. The molecule has 3 rings (SSSR count). The zero-order valence-corrected chi connectivity index (χ0v) is 13.7. The lowest BCUT2D eigenvalue weighted by Gasteiger charge is -2.14. The predicted octanol–water partition coefficient (Wildman–Crippen LogP) is 4.04. The number of fused-ring (bicyclic) bond motifs is 1. The first-order valence-electron chi connectivity index (χ1n) is 8.19. The molecule has 0 aliphatic carbocycles. The zero-order valence-electron chi connectivity index (χ0n) is 13.7. The lowest BCUT2D eigenvalue weighted by molar-refractivity contribution is -0.136. The summed E-state index contributed by atoms with van der Waals surface area (Å²) in [5.74, 6) is -0.965. The van der Waals surface area contributed by atoms with Crippen LogP contribution in [-0.4, -0.2) is 17.0 Å². The van der Waals surface area contributed by atoms with Gasteiger partial charge in [-0.3, -0.25) is 9.59 Å². The molecule has 0 aliphatic heterocycles. The van der Waals surface area contributed by atoms with Gasteiger partial charge in [0.15, 0.2) is 0 Å². The first-order chi connectivity index (χ1) is 12.1. The van der Waals surface area contributed by atoms with Crippen LogP contribution in [0.4, 0.5) is 5.69 Å². The van der Waals surface area contributed by atoms with Crippen LogP contribution in [0.25, 0.3) is 10.8 Å². The van der Waals surface area contributed by atoms with Gasteiger partial charge in [0.2, 0.25) is 5.91 Å². The summed E-state index contributed by atoms with van der Waals surface area (Å²) < 4.78 is 0. The van der Waals surface area contributed by atoms with Gasteiger partial charge in [-0.15, -0.1) is 0 Å². The second kappa shape index (κ2) is 7.62. The van der Waals surface area contributed by atoms with E-state index in [1.54, 1.807) is 0 Å². The molecule has 4 nitrogen and oxygen atoms in total. The van der Waals surface area contributed by atoms with Crippen molar-refractivity contribution < 1.29 is 14.7 Å². The van der Waals surface area contributed by atoms with Crippen LogP contribution in [-0.2, 0) is 22.4 Å². The highest BCUT2D eigenvalue weighted by Gasteiger charge is 2.12. The Hall–Kier alpha value is -3.14. The topological polar surface area (TPSA) is 66.4 Å². The van der Waals surface area contributed by atoms with Crippen LogP contribution in [0, 0.1) is 0 Å². The van der Waals surface area contributed by atoms with Gasteiger partial charge in [0, 0.05) is 12.1 Å². The fourth-order valence-corrected chi connectivity index (χ4v) is 2.93. The van der Waals surface area contributed by atoms with E-state index >= 15 is 0 Å². The van der Waals surface area contributed by atoms with Crippen molar-refractivity contribution in [3.63, 3.8) is 0 Å². The molecular formula is C21H19NO3. The van der Waals surface area contributed by atoms with Gasteiger partial charge in [-0.25, -0.2) is 0 Å². The van der Waals surface area contributed by atoms with Gasteiger partial charge in [0.25, 0.3) is 0 Å². The number of carbonyl (C=O) groups excluding carboxylic acids is 1. The fourth-order valence-electron chi connectivity index (χ4n) is 2.93. The highest BCUT2D eigenvalue weighted by Crippen LogP contribution is 2.27. The lowest BCUT2D eigenvalue weighted by Crippen LogP contribution is -2.16. The van der Waals surface area contributed by atoms with Crippen LogP contribution in [0.1, 0.15) is 17.5 Å². The average Bonchev–Trinajstić information content (AvgIpc) is 2.61. The quantitative estimate of drug-likeness (QED) is 0.715. The Labute approximate surface area is 146 Å². The SMILES string of the molecule is O=C(O)CCc1c(NC(=O)Cc2ccccc2)ccc2ccccc12. The Morgan fingerprint density at radius 3 is 2.36 bits per heavy atom. The van der Waals surface area contributed by atoms with Crippen molar-refractivity contribution in [3.05, 3.63) is 77.9 Å². The summed E-state index contributed by atoms with van der Waals surface area (Å²) in [4.78, 5) is 23.4. The van der Waals surface area contributed by atoms with Crippen molar-refractivity contribution in [1.82, 2.24) is 0 Å². The molecule has 0 unspecified atom stereocenters. The predicted molar refractivity (Wildman–Crippen MR) is 98.7 cm³/mol. The van der Waals surface area contributed by atoms with E-state index in [1.165, 1.54) is 0 Å². The zero-order chi connectivity index (χ0) is 17.6. The van der Waals surface area contributed by atoms with Crippen LogP contribution in [0.2, 0.25) is 0 Å². The minimum absolute atomic E-state index is 0.0234. The molecule has 0 saturated carbocycles. The monoisotopic (exact) mass is 333 g/mol. The molecule has 0 atom stereocenters. The van der Waals surface area contributed by atoms with Crippen LogP contribution in [0.15, 0.2) is 66.7 Å². The van der Waals surface area contributed by atoms with Crippen LogP contribution in [0.3, 0.4) is 0 Å². The minimum atomic E-state index is -0.852. The molecule has 0 fully saturated rings. The maximum Gasteiger partial charge on any atom is 0.303 e. The Kier molecular flexibility index (Phi) is 5.09. The van der Waals surface area contributed by atoms with Crippen molar-refractivity contribution in [1.29, 1.82) is 0 Å². The molecule has 4 heteroatoms. The third-order valence-corrected chi connectivity index (χ3v) is 4.11. The Morgan fingerprint density at radius 2 is 1.60 bits per heavy atom. The molecule has 0 heterocycles. The molecule has 0 saturated heterocycles. The summed E-state index contributed by atoms with van der Waals surface area (Å²) in [6.07, 6.45) is 0.680. The molecule has 0 spiro atoms. The highest BCUT2D eigenvalue weighted by molar-refractivity contribution is 5.98. The average molecular weight is 333 g/mol. The van der Waals surface area contributed by atoms with Crippen LogP contribution < -0.4 is 5.32 Å². The van der Waals surface area contributed by atoms with E-state index in [1.807, 2.05) is 66.7 Å². The number of nitrogens with one attached hydrogen (secondary N) is 1. The van der Waals surface area contributed by atoms with Gasteiger partial charge in [-0.1, -0.05) is 60.7 Å². The van der Waals surface area contributed by atoms with Gasteiger partial charge in [0.05, 0.1) is 6.42 Å². The summed E-state index contributed by atoms with van der Waals surface area (Å²) in [6.45, 7) is 0. The van der Waals surface area contributed by atoms with E-state index in [-0.39, 0.29) is 18.7 Å². The van der Waals surface area contributed by atoms with E-state index < -0.39 is 5.97 Å². The number of benzene rings is 3. The fraction of sp³-hybridized carbons (Fsp3) is 0.143. The van der Waals surface area contributed by atoms with Crippen molar-refractivity contribution in [2.75, 3.05) is 5.32 Å². The second-order valence-electron chi connectivity index (χ2n) is 5.92. The summed E-state index contributed by atoms with van der Waals surface area (Å²) in [7, 11) is 0. The summed E-state index contributed by atoms with van der Waals surface area (Å²) in [5, 5.41) is 14.0. The van der Waals surface area contributed by atoms with Gasteiger partial charge < -0.3 is 10.4 Å². The maximum absolute atomic E-state index is 12.4. The summed E-state index contributed by atoms with van der Waals surface area (Å²) >= 11 is 0. The molecule has 2 N–H and O–H groups in total. The normalized spacial score (nSPS) is 10.6. The largest absolute Gasteiger partial charge is 0.481 e. The van der Waals surface area contributed by atoms with E-state index in [4.69, 9.17) is 5.11 Å². The number of aryl methyl sites for hydroxylation is 1. The first kappa shape index (κ1) is 16.7. The Morgan fingerprint density at radius 1 is 0.880 bits per heavy atom. The number of aliphatic carboxylic acids is 1. The Bertz CT molecular complexity index is 903. The first-order valence-corrected chi connectivity index (χ1v) is 8.19. The number of hydrogen-bond donors (Lipinski definition) is 2. The van der Waals surface area contributed by atoms with Gasteiger partial charge in [0.1, 0.15) is 0 Å². The third-order valence-electron chi connectivity index (χ3n) is 4.11. The van der Waals surface area contributed by atoms with E-state index in [0.717, 1.165) is 21.9 Å². The molecule has 0 aromatic heterocycles. The number of amides is 1. The number of anilines is 1. The highest BCUT2D eigenvalue weighted by atomic mass is 16.4. The molecule has 3 aromatic rings. The van der Waals surface area contributed by atoms with Gasteiger partial charge in [-0.2, -0.15) is 0 Å². The van der Waals surface area contributed by atoms with Crippen molar-refractivity contribution in [3.8, 4) is 0 Å².